The lowest BCUT2D eigenvalue weighted by atomic mass is 10.1. The van der Waals surface area contributed by atoms with E-state index in [1.165, 1.54) is 21.7 Å². The summed E-state index contributed by atoms with van der Waals surface area (Å²) in [6.45, 7) is 2.87. The van der Waals surface area contributed by atoms with Crippen LogP contribution in [0.25, 0.3) is 0 Å². The van der Waals surface area contributed by atoms with Crippen molar-refractivity contribution >= 4 is 28.6 Å². The number of hydrogen-bond donors (Lipinski definition) is 1. The lowest BCUT2D eigenvalue weighted by Gasteiger charge is -2.15. The van der Waals surface area contributed by atoms with Gasteiger partial charge in [0.1, 0.15) is 0 Å². The molecule has 0 aliphatic heterocycles. The Morgan fingerprint density at radius 1 is 1.42 bits per heavy atom. The van der Waals surface area contributed by atoms with Gasteiger partial charge in [-0.2, -0.15) is 0 Å². The minimum Gasteiger partial charge on any atom is -0.469 e. The second-order valence-corrected chi connectivity index (χ2v) is 6.59. The van der Waals surface area contributed by atoms with Crippen molar-refractivity contribution in [2.24, 2.45) is 0 Å². The van der Waals surface area contributed by atoms with Gasteiger partial charge in [0.2, 0.25) is 0 Å². The highest BCUT2D eigenvalue weighted by Crippen LogP contribution is 2.24. The average Bonchev–Trinajstić information content (AvgIpc) is 3.05. The third kappa shape index (κ3) is 4.16. The summed E-state index contributed by atoms with van der Waals surface area (Å²) in [5, 5.41) is 5.46. The van der Waals surface area contributed by atoms with E-state index in [1.807, 2.05) is 17.5 Å². The number of ether oxygens (including phenoxy) is 1. The fourth-order valence-electron chi connectivity index (χ4n) is 1.82. The van der Waals surface area contributed by atoms with Crippen molar-refractivity contribution in [1.29, 1.82) is 0 Å². The number of carbonyl (C=O) groups excluding carboxylic acids is 1. The SMILES string of the molecule is COC(=O)CC(NCc1ccc(C)s1)c1cccs1. The second kappa shape index (κ2) is 6.84. The van der Waals surface area contributed by atoms with Crippen molar-refractivity contribution in [3.05, 3.63) is 44.3 Å². The van der Waals surface area contributed by atoms with E-state index in [9.17, 15) is 4.79 Å². The molecule has 102 valence electrons. The largest absolute Gasteiger partial charge is 0.469 e. The maximum absolute atomic E-state index is 11.5. The Balaban J connectivity index is 1.99. The first-order valence-electron chi connectivity index (χ1n) is 6.08. The van der Waals surface area contributed by atoms with E-state index in [0.717, 1.165) is 6.54 Å². The molecule has 0 bridgehead atoms. The number of aryl methyl sites for hydroxylation is 1. The van der Waals surface area contributed by atoms with E-state index < -0.39 is 0 Å². The van der Waals surface area contributed by atoms with Crippen LogP contribution in [0.1, 0.15) is 27.1 Å². The number of carbonyl (C=O) groups is 1. The summed E-state index contributed by atoms with van der Waals surface area (Å²) in [6.07, 6.45) is 0.362. The molecule has 2 aromatic heterocycles. The first-order chi connectivity index (χ1) is 9.19. The molecule has 19 heavy (non-hydrogen) atoms. The molecule has 0 aliphatic carbocycles. The van der Waals surface area contributed by atoms with E-state index in [2.05, 4.69) is 24.4 Å². The van der Waals surface area contributed by atoms with Crippen LogP contribution in [0.5, 0.6) is 0 Å². The van der Waals surface area contributed by atoms with E-state index in [0.29, 0.717) is 6.42 Å². The zero-order valence-electron chi connectivity index (χ0n) is 11.0. The summed E-state index contributed by atoms with van der Waals surface area (Å²) in [6, 6.07) is 8.31. The molecule has 0 fully saturated rings. The molecule has 1 N–H and O–H groups in total. The van der Waals surface area contributed by atoms with Crippen molar-refractivity contribution in [1.82, 2.24) is 5.32 Å². The topological polar surface area (TPSA) is 38.3 Å². The highest BCUT2D eigenvalue weighted by Gasteiger charge is 2.17. The first kappa shape index (κ1) is 14.2. The van der Waals surface area contributed by atoms with Gasteiger partial charge in [0.25, 0.3) is 0 Å². The number of nitrogens with one attached hydrogen (secondary N) is 1. The van der Waals surface area contributed by atoms with Crippen molar-refractivity contribution in [2.45, 2.75) is 25.9 Å². The fraction of sp³-hybridized carbons (Fsp3) is 0.357. The molecule has 0 spiro atoms. The van der Waals surface area contributed by atoms with Gasteiger partial charge in [-0.1, -0.05) is 6.07 Å². The van der Waals surface area contributed by atoms with Crippen LogP contribution in [0.2, 0.25) is 0 Å². The Hall–Kier alpha value is -1.17. The maximum atomic E-state index is 11.5. The molecule has 0 aromatic carbocycles. The summed E-state index contributed by atoms with van der Waals surface area (Å²) < 4.78 is 4.76. The predicted molar refractivity (Wildman–Crippen MR) is 79.6 cm³/mol. The molecule has 1 unspecified atom stereocenters. The molecular formula is C14H17NO2S2. The highest BCUT2D eigenvalue weighted by atomic mass is 32.1. The maximum Gasteiger partial charge on any atom is 0.307 e. The zero-order valence-corrected chi connectivity index (χ0v) is 12.6. The molecule has 1 atom stereocenters. The van der Waals surface area contributed by atoms with E-state index in [4.69, 9.17) is 4.74 Å². The summed E-state index contributed by atoms with van der Waals surface area (Å²) in [5.74, 6) is -0.187. The van der Waals surface area contributed by atoms with Crippen LogP contribution in [0.4, 0.5) is 0 Å². The third-order valence-electron chi connectivity index (χ3n) is 2.80. The lowest BCUT2D eigenvalue weighted by Crippen LogP contribution is -2.23. The minimum atomic E-state index is -0.187. The molecule has 2 aromatic rings. The van der Waals surface area contributed by atoms with Crippen molar-refractivity contribution < 1.29 is 9.53 Å². The Morgan fingerprint density at radius 2 is 2.26 bits per heavy atom. The molecular weight excluding hydrogens is 278 g/mol. The average molecular weight is 295 g/mol. The molecule has 2 rings (SSSR count). The van der Waals surface area contributed by atoms with Crippen molar-refractivity contribution in [3.8, 4) is 0 Å². The van der Waals surface area contributed by atoms with Crippen molar-refractivity contribution in [2.75, 3.05) is 7.11 Å². The minimum absolute atomic E-state index is 0.0230. The van der Waals surface area contributed by atoms with E-state index in [-0.39, 0.29) is 12.0 Å². The Morgan fingerprint density at radius 3 is 2.84 bits per heavy atom. The van der Waals surface area contributed by atoms with Gasteiger partial charge < -0.3 is 10.1 Å². The second-order valence-electron chi connectivity index (χ2n) is 4.24. The zero-order chi connectivity index (χ0) is 13.7. The fourth-order valence-corrected chi connectivity index (χ4v) is 3.46. The van der Waals surface area contributed by atoms with Gasteiger partial charge in [-0.3, -0.25) is 4.79 Å². The van der Waals surface area contributed by atoms with E-state index >= 15 is 0 Å². The monoisotopic (exact) mass is 295 g/mol. The first-order valence-corrected chi connectivity index (χ1v) is 7.77. The standard InChI is InChI=1S/C14H17NO2S2/c1-10-5-6-11(19-10)9-15-12(8-14(16)17-2)13-4-3-7-18-13/h3-7,12,15H,8-9H2,1-2H3. The van der Waals surface area contributed by atoms with Gasteiger partial charge in [-0.05, 0) is 30.5 Å². The van der Waals surface area contributed by atoms with Crippen molar-refractivity contribution in [3.63, 3.8) is 0 Å². The van der Waals surface area contributed by atoms with Gasteiger partial charge in [0.05, 0.1) is 19.6 Å². The number of rotatable bonds is 6. The van der Waals surface area contributed by atoms with Gasteiger partial charge in [0, 0.05) is 21.2 Å². The number of hydrogen-bond acceptors (Lipinski definition) is 5. The molecule has 0 saturated carbocycles. The van der Waals surface area contributed by atoms with Crippen LogP contribution in [0.3, 0.4) is 0 Å². The van der Waals surface area contributed by atoms with Crippen LogP contribution < -0.4 is 5.32 Å². The summed E-state index contributed by atoms with van der Waals surface area (Å²) >= 11 is 3.43. The molecule has 2 heterocycles. The summed E-state index contributed by atoms with van der Waals surface area (Å²) in [4.78, 5) is 15.2. The summed E-state index contributed by atoms with van der Waals surface area (Å²) in [5.41, 5.74) is 0. The van der Waals surface area contributed by atoms with E-state index in [1.54, 1.807) is 22.7 Å². The Bertz CT molecular complexity index is 519. The van der Waals surface area contributed by atoms with Crippen LogP contribution >= 0.6 is 22.7 Å². The predicted octanol–water partition coefficient (Wildman–Crippen LogP) is 3.51. The lowest BCUT2D eigenvalue weighted by molar-refractivity contribution is -0.141. The molecule has 3 nitrogen and oxygen atoms in total. The third-order valence-corrected chi connectivity index (χ3v) is 4.79. The molecule has 5 heteroatoms. The summed E-state index contributed by atoms with van der Waals surface area (Å²) in [7, 11) is 1.43. The van der Waals surface area contributed by atoms with Gasteiger partial charge >= 0.3 is 5.97 Å². The van der Waals surface area contributed by atoms with Gasteiger partial charge in [-0.25, -0.2) is 0 Å². The Labute approximate surface area is 121 Å². The van der Waals surface area contributed by atoms with Crippen LogP contribution in [-0.2, 0) is 16.1 Å². The number of methoxy groups -OCH3 is 1. The van der Waals surface area contributed by atoms with Gasteiger partial charge in [0.15, 0.2) is 0 Å². The highest BCUT2D eigenvalue weighted by molar-refractivity contribution is 7.11. The van der Waals surface area contributed by atoms with Gasteiger partial charge in [-0.15, -0.1) is 22.7 Å². The molecule has 0 amide bonds. The number of esters is 1. The Kier molecular flexibility index (Phi) is 5.13. The molecule has 0 aliphatic rings. The van der Waals surface area contributed by atoms with Crippen LogP contribution in [0, 0.1) is 6.92 Å². The van der Waals surface area contributed by atoms with Crippen LogP contribution in [-0.4, -0.2) is 13.1 Å². The molecule has 0 radical (unpaired) electrons. The number of thiophene rings is 2. The quantitative estimate of drug-likeness (QED) is 0.829. The normalized spacial score (nSPS) is 12.3. The van der Waals surface area contributed by atoms with Crippen LogP contribution in [0.15, 0.2) is 29.6 Å². The molecule has 0 saturated heterocycles. The smallest absolute Gasteiger partial charge is 0.307 e.